The molecular formula is C14H16FN3O. The van der Waals surface area contributed by atoms with Crippen LogP contribution in [-0.2, 0) is 6.42 Å². The van der Waals surface area contributed by atoms with Crippen LogP contribution in [0.2, 0.25) is 0 Å². The lowest BCUT2D eigenvalue weighted by Crippen LogP contribution is -2.09. The van der Waals surface area contributed by atoms with E-state index in [1.807, 2.05) is 6.92 Å². The minimum Gasteiger partial charge on any atom is -0.481 e. The molecule has 0 saturated carbocycles. The maximum atomic E-state index is 12.8. The fourth-order valence-corrected chi connectivity index (χ4v) is 1.69. The number of aromatic nitrogens is 2. The van der Waals surface area contributed by atoms with Crippen molar-refractivity contribution in [3.05, 3.63) is 47.4 Å². The largest absolute Gasteiger partial charge is 0.481 e. The number of halogens is 1. The van der Waals surface area contributed by atoms with Crippen LogP contribution in [0.25, 0.3) is 0 Å². The van der Waals surface area contributed by atoms with Crippen LogP contribution in [0.3, 0.4) is 0 Å². The molecule has 1 N–H and O–H groups in total. The topological polar surface area (TPSA) is 47.0 Å². The number of hydrogen-bond acceptors (Lipinski definition) is 4. The molecule has 2 aromatic rings. The second-order valence-electron chi connectivity index (χ2n) is 4.18. The number of nitrogens with one attached hydrogen (secondary N) is 1. The Hall–Kier alpha value is -2.17. The first-order valence-corrected chi connectivity index (χ1v) is 6.05. The van der Waals surface area contributed by atoms with Crippen molar-refractivity contribution in [3.8, 4) is 5.88 Å². The fourth-order valence-electron chi connectivity index (χ4n) is 1.69. The van der Waals surface area contributed by atoms with Gasteiger partial charge in [-0.3, -0.25) is 0 Å². The molecule has 0 aliphatic carbocycles. The molecule has 0 aliphatic rings. The first-order valence-electron chi connectivity index (χ1n) is 6.05. The Morgan fingerprint density at radius 3 is 2.63 bits per heavy atom. The van der Waals surface area contributed by atoms with Crippen molar-refractivity contribution in [1.82, 2.24) is 9.97 Å². The van der Waals surface area contributed by atoms with Crippen LogP contribution in [0.4, 0.5) is 10.3 Å². The molecular weight excluding hydrogens is 245 g/mol. The monoisotopic (exact) mass is 261 g/mol. The molecule has 1 heterocycles. The highest BCUT2D eigenvalue weighted by atomic mass is 19.1. The van der Waals surface area contributed by atoms with Gasteiger partial charge in [-0.15, -0.1) is 0 Å². The molecule has 1 aromatic carbocycles. The van der Waals surface area contributed by atoms with Gasteiger partial charge in [0.15, 0.2) is 0 Å². The zero-order chi connectivity index (χ0) is 13.7. The third-order valence-corrected chi connectivity index (χ3v) is 2.65. The van der Waals surface area contributed by atoms with E-state index in [9.17, 15) is 4.39 Å². The van der Waals surface area contributed by atoms with Gasteiger partial charge in [0, 0.05) is 18.3 Å². The summed E-state index contributed by atoms with van der Waals surface area (Å²) in [7, 11) is 1.57. The molecule has 0 amide bonds. The molecule has 2 rings (SSSR count). The number of benzene rings is 1. The van der Waals surface area contributed by atoms with Crippen molar-refractivity contribution in [2.24, 2.45) is 0 Å². The Morgan fingerprint density at radius 2 is 1.95 bits per heavy atom. The lowest BCUT2D eigenvalue weighted by Gasteiger charge is -2.07. The summed E-state index contributed by atoms with van der Waals surface area (Å²) in [6.45, 7) is 2.56. The van der Waals surface area contributed by atoms with Crippen molar-refractivity contribution in [2.75, 3.05) is 19.0 Å². The molecule has 0 aliphatic heterocycles. The molecule has 0 spiro atoms. The first-order chi connectivity index (χ1) is 9.17. The van der Waals surface area contributed by atoms with Crippen LogP contribution in [-0.4, -0.2) is 23.6 Å². The van der Waals surface area contributed by atoms with Crippen LogP contribution in [0, 0.1) is 12.7 Å². The molecule has 0 atom stereocenters. The highest BCUT2D eigenvalue weighted by molar-refractivity contribution is 5.31. The average Bonchev–Trinajstić information content (AvgIpc) is 2.40. The normalized spacial score (nSPS) is 10.3. The van der Waals surface area contributed by atoms with Gasteiger partial charge in [-0.05, 0) is 31.0 Å². The number of hydrogen-bond donors (Lipinski definition) is 1. The van der Waals surface area contributed by atoms with Gasteiger partial charge in [-0.1, -0.05) is 12.1 Å². The van der Waals surface area contributed by atoms with Gasteiger partial charge in [0.05, 0.1) is 7.11 Å². The van der Waals surface area contributed by atoms with Crippen molar-refractivity contribution in [1.29, 1.82) is 0 Å². The molecule has 0 unspecified atom stereocenters. The summed E-state index contributed by atoms with van der Waals surface area (Å²) >= 11 is 0. The standard InChI is InChI=1S/C14H16FN3O/c1-10-9-13(19-2)18-14(17-10)16-8-7-11-3-5-12(15)6-4-11/h3-6,9H,7-8H2,1-2H3,(H,16,17,18). The van der Waals surface area contributed by atoms with E-state index in [4.69, 9.17) is 4.74 Å². The minimum absolute atomic E-state index is 0.219. The van der Waals surface area contributed by atoms with Crippen molar-refractivity contribution in [2.45, 2.75) is 13.3 Å². The van der Waals surface area contributed by atoms with E-state index in [1.165, 1.54) is 12.1 Å². The first kappa shape index (κ1) is 13.3. The maximum Gasteiger partial charge on any atom is 0.226 e. The molecule has 0 radical (unpaired) electrons. The van der Waals surface area contributed by atoms with Gasteiger partial charge < -0.3 is 10.1 Å². The van der Waals surface area contributed by atoms with Crippen molar-refractivity contribution in [3.63, 3.8) is 0 Å². The van der Waals surface area contributed by atoms with Gasteiger partial charge in [0.25, 0.3) is 0 Å². The molecule has 5 heteroatoms. The average molecular weight is 261 g/mol. The summed E-state index contributed by atoms with van der Waals surface area (Å²) in [6.07, 6.45) is 0.778. The Balaban J connectivity index is 1.92. The van der Waals surface area contributed by atoms with Crippen LogP contribution in [0.15, 0.2) is 30.3 Å². The summed E-state index contributed by atoms with van der Waals surface area (Å²) in [6, 6.07) is 8.23. The summed E-state index contributed by atoms with van der Waals surface area (Å²) in [5.74, 6) is 0.860. The fraction of sp³-hybridized carbons (Fsp3) is 0.286. The number of nitrogens with zero attached hydrogens (tertiary/aromatic N) is 2. The molecule has 0 fully saturated rings. The predicted molar refractivity (Wildman–Crippen MR) is 71.9 cm³/mol. The van der Waals surface area contributed by atoms with Gasteiger partial charge in [0.2, 0.25) is 11.8 Å². The SMILES string of the molecule is COc1cc(C)nc(NCCc2ccc(F)cc2)n1. The molecule has 1 aromatic heterocycles. The molecule has 100 valence electrons. The summed E-state index contributed by atoms with van der Waals surface area (Å²) < 4.78 is 17.8. The summed E-state index contributed by atoms with van der Waals surface area (Å²) in [5, 5.41) is 3.13. The summed E-state index contributed by atoms with van der Waals surface area (Å²) in [4.78, 5) is 8.46. The van der Waals surface area contributed by atoms with Crippen molar-refractivity contribution < 1.29 is 9.13 Å². The maximum absolute atomic E-state index is 12.8. The van der Waals surface area contributed by atoms with E-state index in [0.717, 1.165) is 17.7 Å². The predicted octanol–water partition coefficient (Wildman–Crippen LogP) is 2.59. The Bertz CT molecular complexity index is 543. The highest BCUT2D eigenvalue weighted by Gasteiger charge is 2.01. The lowest BCUT2D eigenvalue weighted by atomic mass is 10.1. The number of methoxy groups -OCH3 is 1. The Morgan fingerprint density at radius 1 is 1.21 bits per heavy atom. The van der Waals surface area contributed by atoms with Gasteiger partial charge in [-0.2, -0.15) is 4.98 Å². The van der Waals surface area contributed by atoms with Gasteiger partial charge >= 0.3 is 0 Å². The van der Waals surface area contributed by atoms with Crippen LogP contribution < -0.4 is 10.1 Å². The van der Waals surface area contributed by atoms with E-state index in [-0.39, 0.29) is 5.82 Å². The molecule has 0 bridgehead atoms. The number of ether oxygens (including phenoxy) is 1. The van der Waals surface area contributed by atoms with Crippen LogP contribution in [0.5, 0.6) is 5.88 Å². The minimum atomic E-state index is -0.219. The Labute approximate surface area is 111 Å². The van der Waals surface area contributed by atoms with E-state index >= 15 is 0 Å². The second kappa shape index (κ2) is 6.13. The molecule has 4 nitrogen and oxygen atoms in total. The quantitative estimate of drug-likeness (QED) is 0.898. The molecule has 19 heavy (non-hydrogen) atoms. The third-order valence-electron chi connectivity index (χ3n) is 2.65. The smallest absolute Gasteiger partial charge is 0.226 e. The Kier molecular flexibility index (Phi) is 4.28. The highest BCUT2D eigenvalue weighted by Crippen LogP contribution is 2.11. The third kappa shape index (κ3) is 3.91. The summed E-state index contributed by atoms with van der Waals surface area (Å²) in [5.41, 5.74) is 1.91. The van der Waals surface area contributed by atoms with Crippen molar-refractivity contribution >= 4 is 5.95 Å². The number of rotatable bonds is 5. The number of aryl methyl sites for hydroxylation is 1. The van der Waals surface area contributed by atoms with E-state index < -0.39 is 0 Å². The lowest BCUT2D eigenvalue weighted by molar-refractivity contribution is 0.397. The van der Waals surface area contributed by atoms with Crippen LogP contribution >= 0.6 is 0 Å². The molecule has 0 saturated heterocycles. The zero-order valence-corrected chi connectivity index (χ0v) is 11.0. The second-order valence-corrected chi connectivity index (χ2v) is 4.18. The van der Waals surface area contributed by atoms with E-state index in [2.05, 4.69) is 15.3 Å². The van der Waals surface area contributed by atoms with E-state index in [1.54, 1.807) is 25.3 Å². The van der Waals surface area contributed by atoms with Gasteiger partial charge in [-0.25, -0.2) is 9.37 Å². The zero-order valence-electron chi connectivity index (χ0n) is 11.0. The van der Waals surface area contributed by atoms with Gasteiger partial charge in [0.1, 0.15) is 5.82 Å². The van der Waals surface area contributed by atoms with E-state index in [0.29, 0.717) is 18.4 Å². The van der Waals surface area contributed by atoms with Crippen LogP contribution in [0.1, 0.15) is 11.3 Å². The number of anilines is 1.